The summed E-state index contributed by atoms with van der Waals surface area (Å²) in [4.78, 5) is 12.8. The van der Waals surface area contributed by atoms with Crippen LogP contribution in [0.5, 0.6) is 0 Å². The Bertz CT molecular complexity index is 1050. The van der Waals surface area contributed by atoms with E-state index in [1.165, 1.54) is 0 Å². The molecule has 0 aromatic carbocycles. The maximum atomic E-state index is 12.8. The number of unbranched alkanes of at least 4 members (excludes halogenated alkanes) is 1. The molecule has 4 N–H and O–H groups in total. The predicted molar refractivity (Wildman–Crippen MR) is 164 cm³/mol. The summed E-state index contributed by atoms with van der Waals surface area (Å²) in [6.45, 7) is 8.43. The average molecular weight is 615 g/mol. The number of fused-ring (bicyclic) bond motifs is 5. The summed E-state index contributed by atoms with van der Waals surface area (Å²) < 4.78 is 31.5. The van der Waals surface area contributed by atoms with Gasteiger partial charge in [0.05, 0.1) is 51.2 Å². The molecule has 11 atom stereocenters. The van der Waals surface area contributed by atoms with E-state index >= 15 is 0 Å². The van der Waals surface area contributed by atoms with E-state index < -0.39 is 16.2 Å². The number of ketones is 1. The van der Waals surface area contributed by atoms with Gasteiger partial charge < -0.3 is 19.8 Å². The number of hydrogen-bond acceptors (Lipinski definition) is 6. The first-order valence-corrected chi connectivity index (χ1v) is 18.4. The molecule has 0 saturated heterocycles. The lowest BCUT2D eigenvalue weighted by molar-refractivity contribution is -0.890. The highest BCUT2D eigenvalue weighted by atomic mass is 32.2. The van der Waals surface area contributed by atoms with Crippen LogP contribution in [0.3, 0.4) is 0 Å². The Labute approximate surface area is 255 Å². The Balaban J connectivity index is 1.27. The number of hydrogen-bond donors (Lipinski definition) is 4. The van der Waals surface area contributed by atoms with Crippen LogP contribution in [0.4, 0.5) is 0 Å². The molecule has 4 saturated carbocycles. The second-order valence-corrected chi connectivity index (χ2v) is 17.6. The van der Waals surface area contributed by atoms with Crippen molar-refractivity contribution in [2.24, 2.45) is 46.3 Å². The third-order valence-electron chi connectivity index (χ3n) is 13.0. The highest BCUT2D eigenvalue weighted by molar-refractivity contribution is 7.85. The van der Waals surface area contributed by atoms with Gasteiger partial charge in [0.15, 0.2) is 0 Å². The van der Waals surface area contributed by atoms with Crippen LogP contribution in [-0.4, -0.2) is 89.8 Å². The minimum Gasteiger partial charge on any atom is -0.393 e. The molecule has 4 rings (SSSR count). The zero-order valence-electron chi connectivity index (χ0n) is 26.9. The van der Waals surface area contributed by atoms with Gasteiger partial charge in [0.2, 0.25) is 0 Å². The molecule has 0 heterocycles. The van der Waals surface area contributed by atoms with Crippen molar-refractivity contribution in [3.8, 4) is 0 Å². The van der Waals surface area contributed by atoms with E-state index in [0.717, 1.165) is 70.8 Å². The monoisotopic (exact) mass is 614 g/mol. The van der Waals surface area contributed by atoms with Gasteiger partial charge in [0.25, 0.3) is 10.1 Å². The second kappa shape index (κ2) is 13.0. The van der Waals surface area contributed by atoms with Crippen LogP contribution in [0.25, 0.3) is 0 Å². The van der Waals surface area contributed by atoms with Crippen LogP contribution in [0.2, 0.25) is 0 Å². The zero-order chi connectivity index (χ0) is 31.1. The van der Waals surface area contributed by atoms with Gasteiger partial charge in [-0.1, -0.05) is 20.8 Å². The smallest absolute Gasteiger partial charge is 0.265 e. The molecule has 0 aliphatic heterocycles. The highest BCUT2D eigenvalue weighted by Gasteiger charge is 2.65. The Morgan fingerprint density at radius 1 is 0.929 bits per heavy atom. The van der Waals surface area contributed by atoms with Crippen LogP contribution in [-0.2, 0) is 14.9 Å². The van der Waals surface area contributed by atoms with Crippen molar-refractivity contribution in [1.29, 1.82) is 0 Å². The summed E-state index contributed by atoms with van der Waals surface area (Å²) in [6, 6.07) is 0. The summed E-state index contributed by atoms with van der Waals surface area (Å²) >= 11 is 0. The molecule has 0 aromatic heterocycles. The Morgan fingerprint density at radius 2 is 1.62 bits per heavy atom. The molecule has 0 unspecified atom stereocenters. The topological polar surface area (TPSA) is 132 Å². The van der Waals surface area contributed by atoms with Gasteiger partial charge in [-0.2, -0.15) is 8.42 Å². The lowest BCUT2D eigenvalue weighted by Gasteiger charge is -2.63. The molecular weight excluding hydrogens is 554 g/mol. The highest BCUT2D eigenvalue weighted by Crippen LogP contribution is 2.68. The van der Waals surface area contributed by atoms with Crippen molar-refractivity contribution >= 4 is 15.9 Å². The first-order chi connectivity index (χ1) is 19.5. The van der Waals surface area contributed by atoms with Gasteiger partial charge in [-0.15, -0.1) is 0 Å². The quantitative estimate of drug-likeness (QED) is 0.137. The lowest BCUT2D eigenvalue weighted by atomic mass is 9.43. The Kier molecular flexibility index (Phi) is 10.6. The number of quaternary nitrogens is 1. The van der Waals surface area contributed by atoms with Gasteiger partial charge in [0.1, 0.15) is 5.78 Å². The molecule has 4 aliphatic carbocycles. The van der Waals surface area contributed by atoms with Gasteiger partial charge in [0, 0.05) is 19.3 Å². The fourth-order valence-electron chi connectivity index (χ4n) is 10.5. The first kappa shape index (κ1) is 34.3. The number of Topliss-reactive ketones (excluding diaryl/α,β-unsaturated/α-hetero) is 1. The lowest BCUT2D eigenvalue weighted by Crippen LogP contribution is -2.62. The summed E-state index contributed by atoms with van der Waals surface area (Å²) in [5.74, 6) is 1.90. The number of nitrogens with zero attached hydrogens (tertiary/aromatic N) is 1. The SMILES string of the molecule is C[C@H](CCC(=O)CCCC[N+](C)(C)CCCS(=O)(=O)O)[C@H]1CC[C@H]2[C@@H]3[C@H](O)C[C@@H]4C[C@H](O)CC[C@]4(C)[C@H]3C[C@H](O)[C@]12C. The average Bonchev–Trinajstić information content (AvgIpc) is 3.24. The van der Waals surface area contributed by atoms with Gasteiger partial charge in [-0.3, -0.25) is 9.35 Å². The molecule has 9 heteroatoms. The second-order valence-electron chi connectivity index (χ2n) is 16.1. The zero-order valence-corrected chi connectivity index (χ0v) is 27.7. The number of carbonyl (C=O) groups is 1. The van der Waals surface area contributed by atoms with Crippen molar-refractivity contribution < 1.29 is 37.6 Å². The minimum absolute atomic E-state index is 0.0791. The molecule has 0 aromatic rings. The fraction of sp³-hybridized carbons (Fsp3) is 0.970. The molecule has 0 radical (unpaired) electrons. The molecule has 4 aliphatic rings. The van der Waals surface area contributed by atoms with Crippen molar-refractivity contribution in [3.63, 3.8) is 0 Å². The molecule has 8 nitrogen and oxygen atoms in total. The van der Waals surface area contributed by atoms with Crippen LogP contribution in [0.15, 0.2) is 0 Å². The van der Waals surface area contributed by atoms with Crippen LogP contribution < -0.4 is 0 Å². The van der Waals surface area contributed by atoms with E-state index in [1.54, 1.807) is 0 Å². The van der Waals surface area contributed by atoms with Crippen molar-refractivity contribution in [2.45, 2.75) is 123 Å². The van der Waals surface area contributed by atoms with Crippen molar-refractivity contribution in [1.82, 2.24) is 0 Å². The van der Waals surface area contributed by atoms with Crippen LogP contribution >= 0.6 is 0 Å². The van der Waals surface area contributed by atoms with Crippen molar-refractivity contribution in [2.75, 3.05) is 32.9 Å². The van der Waals surface area contributed by atoms with E-state index in [0.29, 0.717) is 65.7 Å². The number of aliphatic hydroxyl groups excluding tert-OH is 3. The Morgan fingerprint density at radius 3 is 2.31 bits per heavy atom. The summed E-state index contributed by atoms with van der Waals surface area (Å²) in [7, 11) is 0.182. The fourth-order valence-corrected chi connectivity index (χ4v) is 11.0. The Hall–Kier alpha value is -0.580. The summed E-state index contributed by atoms with van der Waals surface area (Å²) in [5.41, 5.74) is -0.156. The third kappa shape index (κ3) is 7.28. The van der Waals surface area contributed by atoms with Crippen LogP contribution in [0, 0.1) is 46.3 Å². The standard InChI is InChI=1S/C33H59NO7S/c1-22(10-11-24(35)9-6-7-16-34(4,5)17-8-18-42(39,40)41)26-12-13-27-31-28(21-30(38)33(26,27)3)32(2)15-14-25(36)19-23(32)20-29(31)37/h22-23,25-31,36-38H,6-21H2,1-5H3/p+1/t22-,23+,25-,26-,27+,28+,29-,30+,31+,32+,33-/m1/s1. The van der Waals surface area contributed by atoms with Crippen molar-refractivity contribution in [3.05, 3.63) is 0 Å². The van der Waals surface area contributed by atoms with Gasteiger partial charge in [-0.25, -0.2) is 0 Å². The normalized spacial score (nSPS) is 41.1. The van der Waals surface area contributed by atoms with E-state index in [1.807, 2.05) is 0 Å². The summed E-state index contributed by atoms with van der Waals surface area (Å²) in [6.07, 6.45) is 9.27. The maximum Gasteiger partial charge on any atom is 0.265 e. The number of rotatable bonds is 13. The molecule has 0 bridgehead atoms. The van der Waals surface area contributed by atoms with E-state index in [2.05, 4.69) is 34.9 Å². The number of carbonyl (C=O) groups excluding carboxylic acids is 1. The van der Waals surface area contributed by atoms with E-state index in [4.69, 9.17) is 4.55 Å². The molecular formula is C33H60NO7S+. The molecule has 4 fully saturated rings. The largest absolute Gasteiger partial charge is 0.393 e. The molecule has 0 amide bonds. The first-order valence-electron chi connectivity index (χ1n) is 16.8. The van der Waals surface area contributed by atoms with E-state index in [9.17, 15) is 28.5 Å². The minimum atomic E-state index is -3.92. The number of aliphatic hydroxyl groups is 3. The molecule has 0 spiro atoms. The molecule has 42 heavy (non-hydrogen) atoms. The molecule has 244 valence electrons. The maximum absolute atomic E-state index is 12.8. The van der Waals surface area contributed by atoms with Gasteiger partial charge >= 0.3 is 0 Å². The van der Waals surface area contributed by atoms with Gasteiger partial charge in [-0.05, 0) is 111 Å². The van der Waals surface area contributed by atoms with Crippen LogP contribution in [0.1, 0.15) is 104 Å². The van der Waals surface area contributed by atoms with E-state index in [-0.39, 0.29) is 34.7 Å². The summed E-state index contributed by atoms with van der Waals surface area (Å²) in [5, 5.41) is 33.6. The predicted octanol–water partition coefficient (Wildman–Crippen LogP) is 4.46. The third-order valence-corrected chi connectivity index (χ3v) is 13.8.